The minimum absolute atomic E-state index is 0.334. The Hall–Kier alpha value is -1.56. The maximum absolute atomic E-state index is 2.34. The zero-order valence-corrected chi connectivity index (χ0v) is 12.7. The molecule has 0 amide bonds. The smallest absolute Gasteiger partial charge is 0.0154 e. The molecule has 0 heteroatoms. The SMILES string of the molecule is Cc1ccc(-c2cccc(CC(C)(C)C)c2)c(C)c1. The molecule has 0 bridgehead atoms. The summed E-state index contributed by atoms with van der Waals surface area (Å²) in [5.74, 6) is 0. The summed E-state index contributed by atoms with van der Waals surface area (Å²) in [6, 6.07) is 15.6. The molecule has 2 aromatic carbocycles. The Bertz CT molecular complexity index is 571. The van der Waals surface area contributed by atoms with E-state index in [0.717, 1.165) is 6.42 Å². The van der Waals surface area contributed by atoms with E-state index in [0.29, 0.717) is 5.41 Å². The van der Waals surface area contributed by atoms with Gasteiger partial charge in [0, 0.05) is 0 Å². The van der Waals surface area contributed by atoms with Crippen LogP contribution in [0.3, 0.4) is 0 Å². The van der Waals surface area contributed by atoms with Crippen molar-refractivity contribution in [3.8, 4) is 11.1 Å². The second kappa shape index (κ2) is 5.21. The van der Waals surface area contributed by atoms with Gasteiger partial charge in [-0.1, -0.05) is 68.8 Å². The highest BCUT2D eigenvalue weighted by Gasteiger charge is 2.12. The highest BCUT2D eigenvalue weighted by molar-refractivity contribution is 5.68. The molecule has 0 N–H and O–H groups in total. The molecule has 0 aromatic heterocycles. The average molecular weight is 252 g/mol. The van der Waals surface area contributed by atoms with Crippen LogP contribution in [0.1, 0.15) is 37.5 Å². The molecule has 0 nitrogen and oxygen atoms in total. The molecule has 19 heavy (non-hydrogen) atoms. The van der Waals surface area contributed by atoms with Crippen LogP contribution in [0, 0.1) is 19.3 Å². The first kappa shape index (κ1) is 13.9. The molecule has 0 saturated heterocycles. The highest BCUT2D eigenvalue weighted by Crippen LogP contribution is 2.27. The van der Waals surface area contributed by atoms with Gasteiger partial charge < -0.3 is 0 Å². The van der Waals surface area contributed by atoms with Crippen LogP contribution in [0.25, 0.3) is 11.1 Å². The summed E-state index contributed by atoms with van der Waals surface area (Å²) in [7, 11) is 0. The first-order chi connectivity index (χ1) is 8.85. The molecule has 2 aromatic rings. The third kappa shape index (κ3) is 3.70. The van der Waals surface area contributed by atoms with Crippen molar-refractivity contribution in [2.24, 2.45) is 5.41 Å². The van der Waals surface area contributed by atoms with Gasteiger partial charge in [0.05, 0.1) is 0 Å². The van der Waals surface area contributed by atoms with Crippen molar-refractivity contribution in [1.29, 1.82) is 0 Å². The number of aryl methyl sites for hydroxylation is 2. The molecule has 0 aliphatic rings. The van der Waals surface area contributed by atoms with E-state index >= 15 is 0 Å². The molecular formula is C19H24. The van der Waals surface area contributed by atoms with Gasteiger partial charge in [-0.05, 0) is 47.9 Å². The van der Waals surface area contributed by atoms with Crippen molar-refractivity contribution in [3.63, 3.8) is 0 Å². The second-order valence-electron chi connectivity index (χ2n) is 6.76. The first-order valence-corrected chi connectivity index (χ1v) is 7.02. The number of hydrogen-bond acceptors (Lipinski definition) is 0. The van der Waals surface area contributed by atoms with Gasteiger partial charge in [0.25, 0.3) is 0 Å². The van der Waals surface area contributed by atoms with Crippen LogP contribution in [0.15, 0.2) is 42.5 Å². The van der Waals surface area contributed by atoms with E-state index in [4.69, 9.17) is 0 Å². The maximum atomic E-state index is 2.34. The molecular weight excluding hydrogens is 228 g/mol. The van der Waals surface area contributed by atoms with Gasteiger partial charge in [-0.15, -0.1) is 0 Å². The third-order valence-electron chi connectivity index (χ3n) is 3.35. The van der Waals surface area contributed by atoms with Crippen molar-refractivity contribution in [3.05, 3.63) is 59.2 Å². The lowest BCUT2D eigenvalue weighted by Crippen LogP contribution is -2.09. The number of benzene rings is 2. The van der Waals surface area contributed by atoms with Crippen LogP contribution < -0.4 is 0 Å². The summed E-state index contributed by atoms with van der Waals surface area (Å²) in [6.07, 6.45) is 1.12. The topological polar surface area (TPSA) is 0 Å². The van der Waals surface area contributed by atoms with Gasteiger partial charge >= 0.3 is 0 Å². The summed E-state index contributed by atoms with van der Waals surface area (Å²) >= 11 is 0. The van der Waals surface area contributed by atoms with Gasteiger partial charge in [-0.3, -0.25) is 0 Å². The van der Waals surface area contributed by atoms with E-state index in [1.807, 2.05) is 0 Å². The lowest BCUT2D eigenvalue weighted by molar-refractivity contribution is 0.411. The fourth-order valence-electron chi connectivity index (χ4n) is 2.60. The fourth-order valence-corrected chi connectivity index (χ4v) is 2.60. The van der Waals surface area contributed by atoms with Crippen molar-refractivity contribution in [2.75, 3.05) is 0 Å². The van der Waals surface area contributed by atoms with Crippen LogP contribution in [0.2, 0.25) is 0 Å². The minimum atomic E-state index is 0.334. The summed E-state index contributed by atoms with van der Waals surface area (Å²) in [6.45, 7) is 11.2. The van der Waals surface area contributed by atoms with Crippen LogP contribution in [0.4, 0.5) is 0 Å². The van der Waals surface area contributed by atoms with E-state index in [1.54, 1.807) is 0 Å². The Balaban J connectivity index is 2.38. The molecule has 0 unspecified atom stereocenters. The Morgan fingerprint density at radius 2 is 1.63 bits per heavy atom. The maximum Gasteiger partial charge on any atom is -0.0154 e. The van der Waals surface area contributed by atoms with Crippen LogP contribution in [-0.2, 0) is 6.42 Å². The van der Waals surface area contributed by atoms with E-state index in [1.165, 1.54) is 27.8 Å². The van der Waals surface area contributed by atoms with Crippen LogP contribution >= 0.6 is 0 Å². The molecule has 2 rings (SSSR count). The number of rotatable bonds is 2. The molecule has 0 aliphatic heterocycles. The summed E-state index contributed by atoms with van der Waals surface area (Å²) in [5, 5.41) is 0. The molecule has 0 aliphatic carbocycles. The molecule has 0 atom stereocenters. The predicted molar refractivity (Wildman–Crippen MR) is 84.5 cm³/mol. The lowest BCUT2D eigenvalue weighted by Gasteiger charge is -2.18. The molecule has 0 saturated carbocycles. The van der Waals surface area contributed by atoms with Gasteiger partial charge in [0.2, 0.25) is 0 Å². The normalized spacial score (nSPS) is 11.6. The van der Waals surface area contributed by atoms with E-state index in [9.17, 15) is 0 Å². The largest absolute Gasteiger partial charge is 0.0614 e. The zero-order chi connectivity index (χ0) is 14.0. The van der Waals surface area contributed by atoms with Gasteiger partial charge in [-0.2, -0.15) is 0 Å². The summed E-state index contributed by atoms with van der Waals surface area (Å²) in [4.78, 5) is 0. The Labute approximate surface area is 117 Å². The second-order valence-corrected chi connectivity index (χ2v) is 6.76. The van der Waals surface area contributed by atoms with Crippen molar-refractivity contribution >= 4 is 0 Å². The third-order valence-corrected chi connectivity index (χ3v) is 3.35. The Morgan fingerprint density at radius 3 is 2.26 bits per heavy atom. The Morgan fingerprint density at radius 1 is 0.895 bits per heavy atom. The van der Waals surface area contributed by atoms with Crippen LogP contribution in [-0.4, -0.2) is 0 Å². The minimum Gasteiger partial charge on any atom is -0.0614 e. The van der Waals surface area contributed by atoms with Crippen LogP contribution in [0.5, 0.6) is 0 Å². The van der Waals surface area contributed by atoms with Crippen molar-refractivity contribution in [1.82, 2.24) is 0 Å². The molecule has 0 heterocycles. The molecule has 0 fully saturated rings. The van der Waals surface area contributed by atoms with Gasteiger partial charge in [-0.25, -0.2) is 0 Å². The molecule has 100 valence electrons. The standard InChI is InChI=1S/C19H24/c1-14-9-10-18(15(2)11-14)17-8-6-7-16(12-17)13-19(3,4)5/h6-12H,13H2,1-5H3. The van der Waals surface area contributed by atoms with Crippen molar-refractivity contribution < 1.29 is 0 Å². The molecule has 0 spiro atoms. The predicted octanol–water partition coefficient (Wildman–Crippen LogP) is 5.56. The van der Waals surface area contributed by atoms with E-state index in [-0.39, 0.29) is 0 Å². The highest BCUT2D eigenvalue weighted by atomic mass is 14.2. The Kier molecular flexibility index (Phi) is 3.80. The first-order valence-electron chi connectivity index (χ1n) is 7.02. The van der Waals surface area contributed by atoms with E-state index < -0.39 is 0 Å². The van der Waals surface area contributed by atoms with E-state index in [2.05, 4.69) is 77.1 Å². The number of hydrogen-bond donors (Lipinski definition) is 0. The average Bonchev–Trinajstić information content (AvgIpc) is 2.26. The van der Waals surface area contributed by atoms with Gasteiger partial charge in [0.15, 0.2) is 0 Å². The quantitative estimate of drug-likeness (QED) is 0.656. The molecule has 0 radical (unpaired) electrons. The zero-order valence-electron chi connectivity index (χ0n) is 12.7. The fraction of sp³-hybridized carbons (Fsp3) is 0.368. The summed E-state index contributed by atoms with van der Waals surface area (Å²) in [5.41, 5.74) is 7.12. The summed E-state index contributed by atoms with van der Waals surface area (Å²) < 4.78 is 0. The monoisotopic (exact) mass is 252 g/mol. The van der Waals surface area contributed by atoms with Gasteiger partial charge in [0.1, 0.15) is 0 Å². The van der Waals surface area contributed by atoms with Crippen molar-refractivity contribution in [2.45, 2.75) is 41.0 Å². The lowest BCUT2D eigenvalue weighted by atomic mass is 9.87.